The van der Waals surface area contributed by atoms with Gasteiger partial charge in [-0.3, -0.25) is 9.69 Å². The summed E-state index contributed by atoms with van der Waals surface area (Å²) in [4.78, 5) is 24.3. The molecule has 0 aromatic carbocycles. The minimum absolute atomic E-state index is 0.0412. The molecule has 0 saturated heterocycles. The number of rotatable bonds is 7. The van der Waals surface area contributed by atoms with Crippen LogP contribution < -0.4 is 5.32 Å². The van der Waals surface area contributed by atoms with Crippen molar-refractivity contribution in [2.24, 2.45) is 0 Å². The molecular weight excluding hydrogens is 220 g/mol. The molecule has 0 aliphatic heterocycles. The fraction of sp³-hybridized carbons (Fsp3) is 0.667. The van der Waals surface area contributed by atoms with Gasteiger partial charge in [-0.15, -0.1) is 0 Å². The van der Waals surface area contributed by atoms with Crippen LogP contribution in [-0.2, 0) is 14.3 Å². The highest BCUT2D eigenvalue weighted by Gasteiger charge is 2.23. The number of hydrogen-bond acceptors (Lipinski definition) is 4. The van der Waals surface area contributed by atoms with Crippen molar-refractivity contribution in [1.82, 2.24) is 10.2 Å². The van der Waals surface area contributed by atoms with E-state index in [1.807, 2.05) is 11.9 Å². The van der Waals surface area contributed by atoms with E-state index in [9.17, 15) is 9.59 Å². The number of nitrogens with zero attached hydrogens (tertiary/aromatic N) is 1. The van der Waals surface area contributed by atoms with Crippen LogP contribution in [0.15, 0.2) is 12.2 Å². The molecule has 0 aromatic heterocycles. The number of likely N-dealkylation sites (N-methyl/N-ethyl adjacent to an activating group) is 1. The lowest BCUT2D eigenvalue weighted by atomic mass is 10.4. The molecule has 1 amide bonds. The van der Waals surface area contributed by atoms with Gasteiger partial charge in [0.05, 0.1) is 13.2 Å². The SMILES string of the molecule is CCOC(=O)/C=C/CN(C)CC(=O)NC1CC1. The zero-order valence-electron chi connectivity index (χ0n) is 10.4. The van der Waals surface area contributed by atoms with Gasteiger partial charge < -0.3 is 10.1 Å². The van der Waals surface area contributed by atoms with Gasteiger partial charge >= 0.3 is 5.97 Å². The number of nitrogens with one attached hydrogen (secondary N) is 1. The molecule has 96 valence electrons. The lowest BCUT2D eigenvalue weighted by Crippen LogP contribution is -2.36. The Morgan fingerprint density at radius 1 is 1.47 bits per heavy atom. The Kier molecular flexibility index (Phi) is 5.69. The van der Waals surface area contributed by atoms with Gasteiger partial charge in [0.2, 0.25) is 5.91 Å². The highest BCUT2D eigenvalue weighted by atomic mass is 16.5. The average molecular weight is 240 g/mol. The largest absolute Gasteiger partial charge is 0.463 e. The maximum Gasteiger partial charge on any atom is 0.330 e. The van der Waals surface area contributed by atoms with Crippen molar-refractivity contribution in [2.75, 3.05) is 26.7 Å². The quantitative estimate of drug-likeness (QED) is 0.514. The summed E-state index contributed by atoms with van der Waals surface area (Å²) in [5, 5.41) is 2.91. The van der Waals surface area contributed by atoms with Crippen LogP contribution in [0, 0.1) is 0 Å². The van der Waals surface area contributed by atoms with Gasteiger partial charge in [0.15, 0.2) is 0 Å². The standard InChI is InChI=1S/C12H20N2O3/c1-3-17-12(16)5-4-8-14(2)9-11(15)13-10-6-7-10/h4-5,10H,3,6-9H2,1-2H3,(H,13,15)/b5-4+. The van der Waals surface area contributed by atoms with Crippen molar-refractivity contribution in [3.63, 3.8) is 0 Å². The van der Waals surface area contributed by atoms with Crippen LogP contribution >= 0.6 is 0 Å². The summed E-state index contributed by atoms with van der Waals surface area (Å²) in [6, 6.07) is 0.394. The lowest BCUT2D eigenvalue weighted by molar-refractivity contribution is -0.137. The molecule has 5 nitrogen and oxygen atoms in total. The first-order chi connectivity index (χ1) is 8.11. The summed E-state index contributed by atoms with van der Waals surface area (Å²) in [5.41, 5.74) is 0. The van der Waals surface area contributed by atoms with Crippen molar-refractivity contribution in [3.05, 3.63) is 12.2 Å². The Morgan fingerprint density at radius 3 is 2.76 bits per heavy atom. The molecule has 1 rings (SSSR count). The fourth-order valence-electron chi connectivity index (χ4n) is 1.33. The van der Waals surface area contributed by atoms with Gasteiger partial charge in [0.25, 0.3) is 0 Å². The minimum atomic E-state index is -0.344. The zero-order chi connectivity index (χ0) is 12.7. The zero-order valence-corrected chi connectivity index (χ0v) is 10.4. The predicted octanol–water partition coefficient (Wildman–Crippen LogP) is 0.316. The second kappa shape index (κ2) is 7.06. The topological polar surface area (TPSA) is 58.6 Å². The lowest BCUT2D eigenvalue weighted by Gasteiger charge is -2.13. The normalized spacial score (nSPS) is 15.2. The highest BCUT2D eigenvalue weighted by Crippen LogP contribution is 2.18. The van der Waals surface area contributed by atoms with E-state index in [1.54, 1.807) is 13.0 Å². The van der Waals surface area contributed by atoms with Crippen molar-refractivity contribution in [1.29, 1.82) is 0 Å². The third-order valence-corrected chi connectivity index (χ3v) is 2.31. The molecule has 1 fully saturated rings. The second-order valence-corrected chi connectivity index (χ2v) is 4.19. The molecule has 1 saturated carbocycles. The molecule has 1 N–H and O–H groups in total. The van der Waals surface area contributed by atoms with E-state index in [4.69, 9.17) is 4.74 Å². The monoisotopic (exact) mass is 240 g/mol. The minimum Gasteiger partial charge on any atom is -0.463 e. The summed E-state index contributed by atoms with van der Waals surface area (Å²) in [6.07, 6.45) is 5.28. The summed E-state index contributed by atoms with van der Waals surface area (Å²) in [6.45, 7) is 3.05. The number of hydrogen-bond donors (Lipinski definition) is 1. The first-order valence-corrected chi connectivity index (χ1v) is 5.93. The third-order valence-electron chi connectivity index (χ3n) is 2.31. The molecule has 0 atom stereocenters. The molecule has 0 radical (unpaired) electrons. The van der Waals surface area contributed by atoms with Crippen molar-refractivity contribution in [2.45, 2.75) is 25.8 Å². The van der Waals surface area contributed by atoms with Crippen molar-refractivity contribution < 1.29 is 14.3 Å². The Balaban J connectivity index is 2.12. The van der Waals surface area contributed by atoms with Crippen LogP contribution in [0.5, 0.6) is 0 Å². The smallest absolute Gasteiger partial charge is 0.330 e. The molecule has 0 unspecified atom stereocenters. The van der Waals surface area contributed by atoms with Crippen LogP contribution in [0.25, 0.3) is 0 Å². The van der Waals surface area contributed by atoms with Gasteiger partial charge in [0, 0.05) is 18.7 Å². The van der Waals surface area contributed by atoms with Gasteiger partial charge in [-0.05, 0) is 26.8 Å². The maximum absolute atomic E-state index is 11.4. The Labute approximate surface area is 102 Å². The first-order valence-electron chi connectivity index (χ1n) is 5.93. The molecule has 17 heavy (non-hydrogen) atoms. The molecule has 5 heteroatoms. The van der Waals surface area contributed by atoms with E-state index in [-0.39, 0.29) is 11.9 Å². The van der Waals surface area contributed by atoms with Crippen LogP contribution in [0.4, 0.5) is 0 Å². The first kappa shape index (κ1) is 13.7. The molecule has 1 aliphatic rings. The number of amides is 1. The van der Waals surface area contributed by atoms with Crippen LogP contribution in [0.1, 0.15) is 19.8 Å². The molecule has 0 heterocycles. The predicted molar refractivity (Wildman–Crippen MR) is 64.4 cm³/mol. The molecular formula is C12H20N2O3. The van der Waals surface area contributed by atoms with Crippen LogP contribution in [0.3, 0.4) is 0 Å². The number of esters is 1. The van der Waals surface area contributed by atoms with E-state index in [1.165, 1.54) is 6.08 Å². The van der Waals surface area contributed by atoms with Gasteiger partial charge in [0.1, 0.15) is 0 Å². The molecule has 0 aromatic rings. The van der Waals surface area contributed by atoms with Gasteiger partial charge in [-0.2, -0.15) is 0 Å². The van der Waals surface area contributed by atoms with Crippen molar-refractivity contribution in [3.8, 4) is 0 Å². The second-order valence-electron chi connectivity index (χ2n) is 4.19. The average Bonchev–Trinajstić information content (AvgIpc) is 3.01. The maximum atomic E-state index is 11.4. The summed E-state index contributed by atoms with van der Waals surface area (Å²) >= 11 is 0. The molecule has 1 aliphatic carbocycles. The van der Waals surface area contributed by atoms with Crippen LogP contribution in [0.2, 0.25) is 0 Å². The number of carbonyl (C=O) groups excluding carboxylic acids is 2. The van der Waals surface area contributed by atoms with E-state index in [0.29, 0.717) is 25.7 Å². The summed E-state index contributed by atoms with van der Waals surface area (Å²) in [7, 11) is 1.84. The van der Waals surface area contributed by atoms with Crippen molar-refractivity contribution >= 4 is 11.9 Å². The van der Waals surface area contributed by atoms with Gasteiger partial charge in [-0.1, -0.05) is 6.08 Å². The highest BCUT2D eigenvalue weighted by molar-refractivity contribution is 5.82. The molecule has 0 bridgehead atoms. The number of ether oxygens (including phenoxy) is 1. The van der Waals surface area contributed by atoms with E-state index < -0.39 is 0 Å². The van der Waals surface area contributed by atoms with E-state index in [2.05, 4.69) is 5.32 Å². The van der Waals surface area contributed by atoms with Crippen LogP contribution in [-0.4, -0.2) is 49.6 Å². The van der Waals surface area contributed by atoms with E-state index in [0.717, 1.165) is 12.8 Å². The Morgan fingerprint density at radius 2 is 2.18 bits per heavy atom. The third kappa shape index (κ3) is 6.73. The number of carbonyl (C=O) groups is 2. The molecule has 0 spiro atoms. The van der Waals surface area contributed by atoms with E-state index >= 15 is 0 Å². The Bertz CT molecular complexity index is 298. The summed E-state index contributed by atoms with van der Waals surface area (Å²) < 4.78 is 4.74. The Hall–Kier alpha value is -1.36. The summed E-state index contributed by atoms with van der Waals surface area (Å²) in [5.74, 6) is -0.303. The van der Waals surface area contributed by atoms with Gasteiger partial charge in [-0.25, -0.2) is 4.79 Å². The fourth-order valence-corrected chi connectivity index (χ4v) is 1.33.